The first-order valence-electron chi connectivity index (χ1n) is 24.4. The Morgan fingerprint density at radius 1 is 0.377 bits per heavy atom. The Morgan fingerprint density at radius 3 is 1.64 bits per heavy atom. The molecule has 53 heavy (non-hydrogen) atoms. The lowest BCUT2D eigenvalue weighted by Crippen LogP contribution is -2.28. The van der Waals surface area contributed by atoms with E-state index in [4.69, 9.17) is 25.0 Å². The van der Waals surface area contributed by atoms with Gasteiger partial charge < -0.3 is 0 Å². The molecule has 1 aliphatic carbocycles. The fourth-order valence-electron chi connectivity index (χ4n) is 7.57. The summed E-state index contributed by atoms with van der Waals surface area (Å²) in [5.41, 5.74) is 2.28. The van der Waals surface area contributed by atoms with Gasteiger partial charge in [-0.1, -0.05) is 194 Å². The van der Waals surface area contributed by atoms with Gasteiger partial charge in [-0.05, 0) is 67.4 Å². The molecule has 1 aromatic heterocycles. The molecule has 2 heteroatoms. The SMILES string of the molecule is [2H]c1c([2H])c([2H])c(-c2cc(-c3ccc(-c4ccc5c(c4)C(c4c([2H])c([2H])c([2H])c([2H])c4[2H])(c4c([2H])c([2H])c([2H])c([2H])c4[2H])c4ccccc4-5)c4ccccc34)nc(-c3ccccc3)n2)c([2H])c1[2H]. The first-order valence-corrected chi connectivity index (χ1v) is 16.9. The van der Waals surface area contributed by atoms with Gasteiger partial charge in [0.25, 0.3) is 0 Å². The van der Waals surface area contributed by atoms with Crippen LogP contribution in [-0.4, -0.2) is 9.97 Å². The lowest BCUT2D eigenvalue weighted by atomic mass is 9.67. The molecular weight excluding hydrogens is 641 g/mol. The topological polar surface area (TPSA) is 25.8 Å². The van der Waals surface area contributed by atoms with Crippen molar-refractivity contribution >= 4 is 10.8 Å². The molecular formula is C51H34N2. The lowest BCUT2D eigenvalue weighted by molar-refractivity contribution is 0.769. The third-order valence-corrected chi connectivity index (χ3v) is 9.82. The van der Waals surface area contributed by atoms with E-state index in [0.29, 0.717) is 55.6 Å². The molecule has 248 valence electrons. The van der Waals surface area contributed by atoms with Crippen molar-refractivity contribution in [1.82, 2.24) is 9.97 Å². The summed E-state index contributed by atoms with van der Waals surface area (Å²) in [6.07, 6.45) is 0. The second-order valence-electron chi connectivity index (χ2n) is 12.6. The maximum Gasteiger partial charge on any atom is 0.160 e. The van der Waals surface area contributed by atoms with Crippen LogP contribution in [0.4, 0.5) is 0 Å². The molecule has 0 unspecified atom stereocenters. The van der Waals surface area contributed by atoms with Crippen molar-refractivity contribution in [1.29, 1.82) is 0 Å². The summed E-state index contributed by atoms with van der Waals surface area (Å²) in [4.78, 5) is 9.73. The minimum atomic E-state index is -2.02. The van der Waals surface area contributed by atoms with Crippen molar-refractivity contribution in [3.8, 4) is 56.2 Å². The van der Waals surface area contributed by atoms with E-state index in [-0.39, 0.29) is 28.2 Å². The maximum absolute atomic E-state index is 9.39. The molecule has 0 saturated heterocycles. The maximum atomic E-state index is 9.39. The van der Waals surface area contributed by atoms with Gasteiger partial charge in [-0.3, -0.25) is 0 Å². The molecule has 10 rings (SSSR count). The average molecular weight is 690 g/mol. The summed E-state index contributed by atoms with van der Waals surface area (Å²) in [6.45, 7) is 0. The predicted molar refractivity (Wildman–Crippen MR) is 219 cm³/mol. The highest BCUT2D eigenvalue weighted by atomic mass is 14.9. The zero-order valence-corrected chi connectivity index (χ0v) is 27.9. The quantitative estimate of drug-likeness (QED) is 0.174. The van der Waals surface area contributed by atoms with Crippen LogP contribution in [0, 0.1) is 0 Å². The number of rotatable bonds is 6. The van der Waals surface area contributed by atoms with Crippen LogP contribution in [0.25, 0.3) is 66.9 Å². The Hall–Kier alpha value is -6.90. The Kier molecular flexibility index (Phi) is 4.57. The first-order chi connectivity index (χ1) is 32.5. The summed E-state index contributed by atoms with van der Waals surface area (Å²) in [5, 5.41) is 1.43. The number of nitrogens with zero attached hydrogens (tertiary/aromatic N) is 2. The number of hydrogen-bond acceptors (Lipinski definition) is 2. The monoisotopic (exact) mass is 689 g/mol. The van der Waals surface area contributed by atoms with Crippen LogP contribution in [0.2, 0.25) is 0 Å². The van der Waals surface area contributed by atoms with Crippen LogP contribution < -0.4 is 0 Å². The van der Waals surface area contributed by atoms with Crippen LogP contribution in [0.5, 0.6) is 0 Å². The Balaban J connectivity index is 1.26. The average Bonchev–Trinajstić information content (AvgIpc) is 3.64. The van der Waals surface area contributed by atoms with E-state index in [1.165, 1.54) is 0 Å². The van der Waals surface area contributed by atoms with Gasteiger partial charge in [0.05, 0.1) is 37.4 Å². The van der Waals surface area contributed by atoms with Crippen LogP contribution in [-0.2, 0) is 5.41 Å². The van der Waals surface area contributed by atoms with Crippen molar-refractivity contribution < 1.29 is 20.6 Å². The van der Waals surface area contributed by atoms with Crippen LogP contribution >= 0.6 is 0 Å². The van der Waals surface area contributed by atoms with Crippen molar-refractivity contribution in [2.45, 2.75) is 5.41 Å². The van der Waals surface area contributed by atoms with E-state index in [1.807, 2.05) is 78.9 Å². The second kappa shape index (κ2) is 12.7. The Bertz CT molecular complexity index is 3490. The lowest BCUT2D eigenvalue weighted by Gasteiger charge is -2.34. The summed E-state index contributed by atoms with van der Waals surface area (Å²) in [5.74, 6) is 0.257. The van der Waals surface area contributed by atoms with Crippen molar-refractivity contribution in [3.05, 3.63) is 228 Å². The number of fused-ring (bicyclic) bond motifs is 4. The Labute approximate surface area is 330 Å². The van der Waals surface area contributed by atoms with E-state index in [2.05, 4.69) is 0 Å². The molecule has 1 aliphatic rings. The van der Waals surface area contributed by atoms with Gasteiger partial charge >= 0.3 is 0 Å². The van der Waals surface area contributed by atoms with Gasteiger partial charge in [0.15, 0.2) is 5.82 Å². The molecule has 1 heterocycles. The van der Waals surface area contributed by atoms with E-state index in [9.17, 15) is 5.48 Å². The normalized spacial score (nSPS) is 16.6. The van der Waals surface area contributed by atoms with Crippen LogP contribution in [0.1, 0.15) is 42.8 Å². The highest BCUT2D eigenvalue weighted by Gasteiger charge is 2.46. The van der Waals surface area contributed by atoms with E-state index < -0.39 is 96.1 Å². The molecule has 2 nitrogen and oxygen atoms in total. The molecule has 8 aromatic carbocycles. The summed E-state index contributed by atoms with van der Waals surface area (Å²) in [7, 11) is 0. The molecule has 0 atom stereocenters. The summed E-state index contributed by atoms with van der Waals surface area (Å²) in [6, 6.07) is 25.8. The van der Waals surface area contributed by atoms with Gasteiger partial charge in [-0.2, -0.15) is 0 Å². The fourth-order valence-corrected chi connectivity index (χ4v) is 7.57. The minimum absolute atomic E-state index is 0.0846. The molecule has 0 N–H and O–H groups in total. The minimum Gasteiger partial charge on any atom is -0.228 e. The molecule has 9 aromatic rings. The van der Waals surface area contributed by atoms with Crippen molar-refractivity contribution in [3.63, 3.8) is 0 Å². The largest absolute Gasteiger partial charge is 0.228 e. The first kappa shape index (κ1) is 19.1. The van der Waals surface area contributed by atoms with E-state index >= 15 is 0 Å². The molecule has 0 radical (unpaired) electrons. The van der Waals surface area contributed by atoms with Crippen LogP contribution in [0.3, 0.4) is 0 Å². The molecule has 0 saturated carbocycles. The molecule has 0 aliphatic heterocycles. The van der Waals surface area contributed by atoms with Gasteiger partial charge in [-0.25, -0.2) is 9.97 Å². The Morgan fingerprint density at radius 2 is 0.925 bits per heavy atom. The third kappa shape index (κ3) is 5.03. The summed E-state index contributed by atoms with van der Waals surface area (Å²) < 4.78 is 132. The van der Waals surface area contributed by atoms with Crippen molar-refractivity contribution in [2.75, 3.05) is 0 Å². The predicted octanol–water partition coefficient (Wildman–Crippen LogP) is 12.7. The summed E-state index contributed by atoms with van der Waals surface area (Å²) >= 11 is 0. The van der Waals surface area contributed by atoms with Gasteiger partial charge in [0, 0.05) is 16.7 Å². The van der Waals surface area contributed by atoms with Gasteiger partial charge in [0.2, 0.25) is 0 Å². The fraction of sp³-hybridized carbons (Fsp3) is 0.0196. The molecule has 0 amide bonds. The zero-order valence-electron chi connectivity index (χ0n) is 42.9. The third-order valence-electron chi connectivity index (χ3n) is 9.82. The highest BCUT2D eigenvalue weighted by Crippen LogP contribution is 2.57. The standard InChI is InChI=1S/C51H34N2/c1-5-17-35(18-6-1)48-34-49(53-50(52-48)36-19-7-2-8-20-36)45-32-31-40(41-25-13-14-26-42(41)45)37-29-30-44-43-27-15-16-28-46(43)51(47(44)33-37,38-21-9-3-10-22-38)39-23-11-4-12-24-39/h1-34H/i1D,3D,4D,5D,6D,9D,10D,11D,12D,17D,18D,21D,22D,23D,24D. The van der Waals surface area contributed by atoms with Gasteiger partial charge in [-0.15, -0.1) is 0 Å². The molecule has 0 fully saturated rings. The number of hydrogen-bond donors (Lipinski definition) is 0. The molecule has 0 bridgehead atoms. The zero-order chi connectivity index (χ0) is 48.2. The second-order valence-corrected chi connectivity index (χ2v) is 12.6. The van der Waals surface area contributed by atoms with Gasteiger partial charge in [0.1, 0.15) is 0 Å². The smallest absolute Gasteiger partial charge is 0.160 e. The number of benzene rings is 8. The number of aromatic nitrogens is 2. The van der Waals surface area contributed by atoms with Crippen molar-refractivity contribution in [2.24, 2.45) is 0 Å². The van der Waals surface area contributed by atoms with Crippen LogP contribution in [0.15, 0.2) is 206 Å². The highest BCUT2D eigenvalue weighted by molar-refractivity contribution is 6.05. The van der Waals surface area contributed by atoms with E-state index in [0.717, 1.165) is 5.39 Å². The molecule has 0 spiro atoms. The van der Waals surface area contributed by atoms with E-state index in [1.54, 1.807) is 36.4 Å².